The maximum Gasteiger partial charge on any atom is 0.270 e. The quantitative estimate of drug-likeness (QED) is 0.783. The average Bonchev–Trinajstić information content (AvgIpc) is 2.54. The Bertz CT molecular complexity index is 874. The maximum absolute atomic E-state index is 13.6. The smallest absolute Gasteiger partial charge is 0.270 e. The Labute approximate surface area is 127 Å². The van der Waals surface area contributed by atoms with Gasteiger partial charge in [-0.25, -0.2) is 9.37 Å². The number of pyridine rings is 1. The Morgan fingerprint density at radius 2 is 1.82 bits per heavy atom. The van der Waals surface area contributed by atoms with Crippen LogP contribution in [0.5, 0.6) is 0 Å². The van der Waals surface area contributed by atoms with Crippen molar-refractivity contribution >= 4 is 16.7 Å². The standard InChI is InChI=1S/C18H15FN2O/c1-11-14-8-3-4-9-15(14)16(17(21-11)18(22)20-2)12-6-5-7-13(19)10-12/h3-10H,1-2H3,(H,20,22). The molecule has 0 aliphatic carbocycles. The van der Waals surface area contributed by atoms with Gasteiger partial charge in [-0.3, -0.25) is 4.79 Å². The summed E-state index contributed by atoms with van der Waals surface area (Å²) in [5.74, 6) is -0.627. The number of fused-ring (bicyclic) bond motifs is 1. The molecule has 0 bridgehead atoms. The van der Waals surface area contributed by atoms with Crippen LogP contribution in [0.3, 0.4) is 0 Å². The first kappa shape index (κ1) is 14.2. The number of aromatic nitrogens is 1. The topological polar surface area (TPSA) is 42.0 Å². The highest BCUT2D eigenvalue weighted by atomic mass is 19.1. The Kier molecular flexibility index (Phi) is 3.59. The molecule has 4 heteroatoms. The van der Waals surface area contributed by atoms with Crippen molar-refractivity contribution < 1.29 is 9.18 Å². The number of amides is 1. The minimum absolute atomic E-state index is 0.284. The van der Waals surface area contributed by atoms with Crippen molar-refractivity contribution in [2.24, 2.45) is 0 Å². The van der Waals surface area contributed by atoms with Gasteiger partial charge in [0, 0.05) is 23.7 Å². The van der Waals surface area contributed by atoms with Crippen LogP contribution in [0.15, 0.2) is 48.5 Å². The van der Waals surface area contributed by atoms with Crippen LogP contribution in [0.1, 0.15) is 16.2 Å². The predicted molar refractivity (Wildman–Crippen MR) is 85.3 cm³/mol. The molecule has 3 nitrogen and oxygen atoms in total. The third-order valence-corrected chi connectivity index (χ3v) is 3.66. The van der Waals surface area contributed by atoms with Crippen LogP contribution in [0, 0.1) is 12.7 Å². The maximum atomic E-state index is 13.6. The minimum atomic E-state index is -0.343. The summed E-state index contributed by atoms with van der Waals surface area (Å²) in [6, 6.07) is 13.9. The van der Waals surface area contributed by atoms with Crippen LogP contribution in [-0.4, -0.2) is 17.9 Å². The molecule has 1 heterocycles. The Balaban J connectivity index is 2.44. The number of carbonyl (C=O) groups is 1. The summed E-state index contributed by atoms with van der Waals surface area (Å²) in [6.45, 7) is 1.87. The molecule has 1 N–H and O–H groups in total. The molecule has 110 valence electrons. The summed E-state index contributed by atoms with van der Waals surface area (Å²) < 4.78 is 13.6. The molecule has 0 unspecified atom stereocenters. The van der Waals surface area contributed by atoms with E-state index < -0.39 is 0 Å². The number of rotatable bonds is 2. The number of hydrogen-bond donors (Lipinski definition) is 1. The third kappa shape index (κ3) is 2.33. The summed E-state index contributed by atoms with van der Waals surface area (Å²) in [7, 11) is 1.56. The molecular weight excluding hydrogens is 279 g/mol. The van der Waals surface area contributed by atoms with E-state index in [2.05, 4.69) is 10.3 Å². The largest absolute Gasteiger partial charge is 0.354 e. The number of halogens is 1. The second-order valence-electron chi connectivity index (χ2n) is 5.06. The van der Waals surface area contributed by atoms with E-state index in [1.54, 1.807) is 19.2 Å². The summed E-state index contributed by atoms with van der Waals surface area (Å²) in [5.41, 5.74) is 2.38. The van der Waals surface area contributed by atoms with E-state index in [0.29, 0.717) is 16.8 Å². The van der Waals surface area contributed by atoms with Gasteiger partial charge in [0.15, 0.2) is 0 Å². The third-order valence-electron chi connectivity index (χ3n) is 3.66. The minimum Gasteiger partial charge on any atom is -0.354 e. The molecule has 0 aliphatic rings. The zero-order valence-electron chi connectivity index (χ0n) is 12.4. The lowest BCUT2D eigenvalue weighted by Gasteiger charge is -2.14. The molecule has 0 aliphatic heterocycles. The molecule has 2 aromatic carbocycles. The highest BCUT2D eigenvalue weighted by Crippen LogP contribution is 2.32. The summed E-state index contributed by atoms with van der Waals surface area (Å²) in [6.07, 6.45) is 0. The van der Waals surface area contributed by atoms with Gasteiger partial charge in [-0.15, -0.1) is 0 Å². The number of aryl methyl sites for hydroxylation is 1. The van der Waals surface area contributed by atoms with Crippen LogP contribution in [0.2, 0.25) is 0 Å². The summed E-state index contributed by atoms with van der Waals surface area (Å²) >= 11 is 0. The van der Waals surface area contributed by atoms with Crippen LogP contribution < -0.4 is 5.32 Å². The number of nitrogens with one attached hydrogen (secondary N) is 1. The van der Waals surface area contributed by atoms with E-state index in [-0.39, 0.29) is 11.7 Å². The van der Waals surface area contributed by atoms with Crippen molar-refractivity contribution in [2.75, 3.05) is 7.05 Å². The fourth-order valence-corrected chi connectivity index (χ4v) is 2.65. The number of benzene rings is 2. The lowest BCUT2D eigenvalue weighted by atomic mass is 9.95. The zero-order valence-corrected chi connectivity index (χ0v) is 12.4. The van der Waals surface area contributed by atoms with Gasteiger partial charge < -0.3 is 5.32 Å². The molecule has 3 aromatic rings. The fraction of sp³-hybridized carbons (Fsp3) is 0.111. The molecule has 0 saturated carbocycles. The van der Waals surface area contributed by atoms with Gasteiger partial charge >= 0.3 is 0 Å². The van der Waals surface area contributed by atoms with Crippen molar-refractivity contribution in [1.82, 2.24) is 10.3 Å². The van der Waals surface area contributed by atoms with Crippen LogP contribution in [0.25, 0.3) is 21.9 Å². The highest BCUT2D eigenvalue weighted by molar-refractivity contribution is 6.08. The number of nitrogens with zero attached hydrogens (tertiary/aromatic N) is 1. The van der Waals surface area contributed by atoms with E-state index in [1.165, 1.54) is 12.1 Å². The van der Waals surface area contributed by atoms with Gasteiger partial charge in [-0.2, -0.15) is 0 Å². The first-order valence-corrected chi connectivity index (χ1v) is 6.99. The monoisotopic (exact) mass is 294 g/mol. The van der Waals surface area contributed by atoms with Gasteiger partial charge in [-0.1, -0.05) is 36.4 Å². The van der Waals surface area contributed by atoms with Crippen molar-refractivity contribution in [1.29, 1.82) is 0 Å². The molecule has 0 atom stereocenters. The summed E-state index contributed by atoms with van der Waals surface area (Å²) in [5, 5.41) is 4.44. The van der Waals surface area contributed by atoms with Gasteiger partial charge in [0.05, 0.1) is 0 Å². The highest BCUT2D eigenvalue weighted by Gasteiger charge is 2.18. The van der Waals surface area contributed by atoms with Crippen molar-refractivity contribution in [2.45, 2.75) is 6.92 Å². The first-order valence-electron chi connectivity index (χ1n) is 6.99. The van der Waals surface area contributed by atoms with Crippen molar-refractivity contribution in [3.05, 3.63) is 65.7 Å². The summed E-state index contributed by atoms with van der Waals surface area (Å²) in [4.78, 5) is 16.7. The van der Waals surface area contributed by atoms with E-state index in [9.17, 15) is 9.18 Å². The molecule has 1 aromatic heterocycles. The molecule has 0 fully saturated rings. The Hall–Kier alpha value is -2.75. The SMILES string of the molecule is CNC(=O)c1nc(C)c2ccccc2c1-c1cccc(F)c1. The zero-order chi connectivity index (χ0) is 15.7. The predicted octanol–water partition coefficient (Wildman–Crippen LogP) is 3.71. The lowest BCUT2D eigenvalue weighted by molar-refractivity contribution is 0.0959. The van der Waals surface area contributed by atoms with Crippen molar-refractivity contribution in [3.63, 3.8) is 0 Å². The van der Waals surface area contributed by atoms with Gasteiger partial charge in [0.2, 0.25) is 0 Å². The molecule has 0 saturated heterocycles. The molecule has 0 radical (unpaired) electrons. The second-order valence-corrected chi connectivity index (χ2v) is 5.06. The average molecular weight is 294 g/mol. The second kappa shape index (κ2) is 5.56. The van der Waals surface area contributed by atoms with E-state index >= 15 is 0 Å². The molecule has 22 heavy (non-hydrogen) atoms. The van der Waals surface area contributed by atoms with Gasteiger partial charge in [0.1, 0.15) is 11.5 Å². The lowest BCUT2D eigenvalue weighted by Crippen LogP contribution is -2.21. The van der Waals surface area contributed by atoms with Crippen LogP contribution >= 0.6 is 0 Å². The molecule has 0 spiro atoms. The number of carbonyl (C=O) groups excluding carboxylic acids is 1. The first-order chi connectivity index (χ1) is 10.6. The van der Waals surface area contributed by atoms with Crippen LogP contribution in [-0.2, 0) is 0 Å². The fourth-order valence-electron chi connectivity index (χ4n) is 2.65. The molecule has 1 amide bonds. The van der Waals surface area contributed by atoms with E-state index in [0.717, 1.165) is 16.5 Å². The van der Waals surface area contributed by atoms with Crippen LogP contribution in [0.4, 0.5) is 4.39 Å². The molecule has 3 rings (SSSR count). The van der Waals surface area contributed by atoms with E-state index in [4.69, 9.17) is 0 Å². The normalized spacial score (nSPS) is 10.7. The Morgan fingerprint density at radius 3 is 2.50 bits per heavy atom. The van der Waals surface area contributed by atoms with E-state index in [1.807, 2.05) is 31.2 Å². The number of hydrogen-bond acceptors (Lipinski definition) is 2. The van der Waals surface area contributed by atoms with Gasteiger partial charge in [0.25, 0.3) is 5.91 Å². The Morgan fingerprint density at radius 1 is 1.09 bits per heavy atom. The molecular formula is C18H15FN2O. The van der Waals surface area contributed by atoms with Crippen molar-refractivity contribution in [3.8, 4) is 11.1 Å². The van der Waals surface area contributed by atoms with Gasteiger partial charge in [-0.05, 0) is 30.0 Å².